The van der Waals surface area contributed by atoms with Crippen molar-refractivity contribution in [2.75, 3.05) is 11.2 Å². The van der Waals surface area contributed by atoms with Crippen LogP contribution in [0.25, 0.3) is 10.8 Å². The maximum Gasteiger partial charge on any atom is 0.248 e. The summed E-state index contributed by atoms with van der Waals surface area (Å²) in [4.78, 5) is 8.28. The molecule has 0 aliphatic heterocycles. The van der Waals surface area contributed by atoms with Crippen LogP contribution >= 0.6 is 0 Å². The van der Waals surface area contributed by atoms with Crippen LogP contribution in [0.15, 0.2) is 48.8 Å². The number of anilines is 2. The van der Waals surface area contributed by atoms with E-state index in [1.54, 1.807) is 0 Å². The van der Waals surface area contributed by atoms with Gasteiger partial charge in [-0.1, -0.05) is 30.3 Å². The van der Waals surface area contributed by atoms with Crippen molar-refractivity contribution < 1.29 is 4.74 Å². The summed E-state index contributed by atoms with van der Waals surface area (Å²) in [6.07, 6.45) is 1.42. The summed E-state index contributed by atoms with van der Waals surface area (Å²) in [5, 5.41) is 2.24. The molecule has 3 aromatic rings. The van der Waals surface area contributed by atoms with E-state index in [1.807, 2.05) is 57.2 Å². The lowest BCUT2D eigenvalue weighted by Crippen LogP contribution is -2.40. The fourth-order valence-electron chi connectivity index (χ4n) is 2.15. The third kappa shape index (κ3) is 3.72. The van der Waals surface area contributed by atoms with Gasteiger partial charge in [0.2, 0.25) is 5.88 Å². The fraction of sp³-hybridized carbons (Fsp3) is 0.222. The second-order valence-electron chi connectivity index (χ2n) is 6.55. The number of nitrogens with zero attached hydrogens (tertiary/aromatic N) is 2. The zero-order chi connectivity index (χ0) is 17.2. The van der Waals surface area contributed by atoms with Gasteiger partial charge in [0.25, 0.3) is 0 Å². The van der Waals surface area contributed by atoms with Crippen molar-refractivity contribution in [2.45, 2.75) is 26.3 Å². The molecule has 1 heterocycles. The second kappa shape index (κ2) is 6.33. The molecule has 0 aliphatic rings. The smallest absolute Gasteiger partial charge is 0.248 e. The summed E-state index contributed by atoms with van der Waals surface area (Å²) in [6.45, 7) is 6.09. The molecule has 24 heavy (non-hydrogen) atoms. The molecule has 0 saturated carbocycles. The number of nitrogens with two attached hydrogens (primary N) is 1. The van der Waals surface area contributed by atoms with Crippen LogP contribution in [0.1, 0.15) is 20.8 Å². The highest BCUT2D eigenvalue weighted by Gasteiger charge is 2.13. The molecular formula is C18H21N5O. The third-order valence-electron chi connectivity index (χ3n) is 3.34. The molecule has 0 fully saturated rings. The van der Waals surface area contributed by atoms with Gasteiger partial charge in [-0.2, -0.15) is 4.98 Å². The van der Waals surface area contributed by atoms with E-state index in [4.69, 9.17) is 10.5 Å². The molecule has 124 valence electrons. The molecule has 2 aromatic carbocycles. The molecule has 1 aromatic heterocycles. The van der Waals surface area contributed by atoms with E-state index in [0.717, 1.165) is 10.8 Å². The van der Waals surface area contributed by atoms with Crippen molar-refractivity contribution in [3.8, 4) is 11.6 Å². The Balaban J connectivity index is 1.83. The zero-order valence-corrected chi connectivity index (χ0v) is 14.0. The standard InChI is InChI=1S/C18H21N5O/c1-18(2,3)23-22-16-15(19)17(21-11-20-16)24-14-9-8-12-6-4-5-7-13(12)10-14/h4-11,23H,19H2,1-3H3,(H,20,21,22). The fourth-order valence-corrected chi connectivity index (χ4v) is 2.15. The van der Waals surface area contributed by atoms with E-state index in [2.05, 4.69) is 26.9 Å². The topological polar surface area (TPSA) is 85.1 Å². The average molecular weight is 323 g/mol. The van der Waals surface area contributed by atoms with E-state index >= 15 is 0 Å². The highest BCUT2D eigenvalue weighted by molar-refractivity contribution is 5.83. The molecular weight excluding hydrogens is 302 g/mol. The number of hydrazine groups is 1. The summed E-state index contributed by atoms with van der Waals surface area (Å²) in [6, 6.07) is 13.9. The van der Waals surface area contributed by atoms with Crippen LogP contribution in [0.2, 0.25) is 0 Å². The van der Waals surface area contributed by atoms with Gasteiger partial charge in [-0.05, 0) is 43.7 Å². The Hall–Kier alpha value is -2.86. The Morgan fingerprint density at radius 3 is 2.50 bits per heavy atom. The van der Waals surface area contributed by atoms with Gasteiger partial charge in [0, 0.05) is 5.54 Å². The number of hydrogen-bond acceptors (Lipinski definition) is 6. The van der Waals surface area contributed by atoms with Gasteiger partial charge in [0.05, 0.1) is 0 Å². The number of benzene rings is 2. The van der Waals surface area contributed by atoms with Crippen LogP contribution in [0, 0.1) is 0 Å². The van der Waals surface area contributed by atoms with Crippen LogP contribution in [-0.2, 0) is 0 Å². The number of aromatic nitrogens is 2. The quantitative estimate of drug-likeness (QED) is 0.635. The molecule has 0 spiro atoms. The van der Waals surface area contributed by atoms with Gasteiger partial charge in [-0.25, -0.2) is 10.4 Å². The molecule has 0 bridgehead atoms. The molecule has 0 radical (unpaired) electrons. The van der Waals surface area contributed by atoms with Crippen LogP contribution in [0.4, 0.5) is 11.5 Å². The summed E-state index contributed by atoms with van der Waals surface area (Å²) in [7, 11) is 0. The van der Waals surface area contributed by atoms with Crippen molar-refractivity contribution in [3.05, 3.63) is 48.8 Å². The number of fused-ring (bicyclic) bond motifs is 1. The first kappa shape index (κ1) is 16.0. The molecule has 3 rings (SSSR count). The first-order valence-corrected chi connectivity index (χ1v) is 7.73. The Labute approximate surface area is 141 Å². The van der Waals surface area contributed by atoms with Crippen molar-refractivity contribution >= 4 is 22.3 Å². The predicted octanol–water partition coefficient (Wildman–Crippen LogP) is 3.72. The first-order chi connectivity index (χ1) is 11.4. The maximum atomic E-state index is 6.12. The van der Waals surface area contributed by atoms with Crippen molar-refractivity contribution in [1.29, 1.82) is 0 Å². The lowest BCUT2D eigenvalue weighted by atomic mass is 10.1. The van der Waals surface area contributed by atoms with E-state index in [1.165, 1.54) is 6.33 Å². The Bertz CT molecular complexity index is 857. The molecule has 6 nitrogen and oxygen atoms in total. The monoisotopic (exact) mass is 323 g/mol. The van der Waals surface area contributed by atoms with Crippen molar-refractivity contribution in [2.24, 2.45) is 0 Å². The van der Waals surface area contributed by atoms with Gasteiger partial charge in [-0.15, -0.1) is 0 Å². The summed E-state index contributed by atoms with van der Waals surface area (Å²) in [5.41, 5.74) is 12.5. The van der Waals surface area contributed by atoms with Gasteiger partial charge < -0.3 is 15.9 Å². The van der Waals surface area contributed by atoms with E-state index in [-0.39, 0.29) is 5.54 Å². The summed E-state index contributed by atoms with van der Waals surface area (Å²) in [5.74, 6) is 1.48. The highest BCUT2D eigenvalue weighted by Crippen LogP contribution is 2.30. The number of hydrogen-bond donors (Lipinski definition) is 3. The van der Waals surface area contributed by atoms with E-state index in [0.29, 0.717) is 23.1 Å². The SMILES string of the molecule is CC(C)(C)NNc1ncnc(Oc2ccc3ccccc3c2)c1N. The summed E-state index contributed by atoms with van der Waals surface area (Å²) >= 11 is 0. The maximum absolute atomic E-state index is 6.12. The van der Waals surface area contributed by atoms with Crippen LogP contribution in [-0.4, -0.2) is 15.5 Å². The van der Waals surface area contributed by atoms with Gasteiger partial charge in [-0.3, -0.25) is 0 Å². The van der Waals surface area contributed by atoms with Crippen LogP contribution in [0.3, 0.4) is 0 Å². The number of rotatable bonds is 4. The molecule has 0 unspecified atom stereocenters. The Morgan fingerprint density at radius 2 is 1.75 bits per heavy atom. The number of ether oxygens (including phenoxy) is 1. The molecule has 0 aliphatic carbocycles. The van der Waals surface area contributed by atoms with Crippen molar-refractivity contribution in [3.63, 3.8) is 0 Å². The van der Waals surface area contributed by atoms with Crippen LogP contribution in [0.5, 0.6) is 11.6 Å². The Kier molecular flexibility index (Phi) is 4.22. The number of nitrogen functional groups attached to an aromatic ring is 1. The second-order valence-corrected chi connectivity index (χ2v) is 6.55. The van der Waals surface area contributed by atoms with E-state index < -0.39 is 0 Å². The van der Waals surface area contributed by atoms with E-state index in [9.17, 15) is 0 Å². The van der Waals surface area contributed by atoms with Crippen LogP contribution < -0.4 is 21.3 Å². The minimum Gasteiger partial charge on any atom is -0.437 e. The van der Waals surface area contributed by atoms with Crippen molar-refractivity contribution in [1.82, 2.24) is 15.4 Å². The number of nitrogens with one attached hydrogen (secondary N) is 2. The first-order valence-electron chi connectivity index (χ1n) is 7.73. The summed E-state index contributed by atoms with van der Waals surface area (Å²) < 4.78 is 5.85. The third-order valence-corrected chi connectivity index (χ3v) is 3.34. The predicted molar refractivity (Wildman–Crippen MR) is 97.0 cm³/mol. The molecule has 4 N–H and O–H groups in total. The molecule has 0 atom stereocenters. The lowest BCUT2D eigenvalue weighted by Gasteiger charge is -2.22. The average Bonchev–Trinajstić information content (AvgIpc) is 2.55. The minimum atomic E-state index is -0.128. The zero-order valence-electron chi connectivity index (χ0n) is 14.0. The molecule has 6 heteroatoms. The molecule has 0 saturated heterocycles. The molecule has 0 amide bonds. The Morgan fingerprint density at radius 1 is 1.00 bits per heavy atom. The van der Waals surface area contributed by atoms with Gasteiger partial charge >= 0.3 is 0 Å². The highest BCUT2D eigenvalue weighted by atomic mass is 16.5. The van der Waals surface area contributed by atoms with Gasteiger partial charge in [0.1, 0.15) is 17.8 Å². The van der Waals surface area contributed by atoms with Gasteiger partial charge in [0.15, 0.2) is 5.82 Å². The minimum absolute atomic E-state index is 0.128. The normalized spacial score (nSPS) is 11.5. The largest absolute Gasteiger partial charge is 0.437 e. The lowest BCUT2D eigenvalue weighted by molar-refractivity contribution is 0.458.